The first-order valence-electron chi connectivity index (χ1n) is 7.77. The summed E-state index contributed by atoms with van der Waals surface area (Å²) in [5, 5.41) is 1.99. The van der Waals surface area contributed by atoms with Crippen molar-refractivity contribution < 1.29 is 4.42 Å². The van der Waals surface area contributed by atoms with Crippen LogP contribution in [0.3, 0.4) is 0 Å². The third-order valence-electron chi connectivity index (χ3n) is 4.02. The molecule has 2 heterocycles. The van der Waals surface area contributed by atoms with E-state index in [0.29, 0.717) is 11.3 Å². The lowest BCUT2D eigenvalue weighted by atomic mass is 10.0. The van der Waals surface area contributed by atoms with E-state index in [9.17, 15) is 4.79 Å². The molecule has 120 valence electrons. The van der Waals surface area contributed by atoms with Crippen LogP contribution in [-0.4, -0.2) is 9.55 Å². The molecule has 0 saturated carbocycles. The summed E-state index contributed by atoms with van der Waals surface area (Å²) in [6.07, 6.45) is 4.89. The second-order valence-electron chi connectivity index (χ2n) is 5.67. The van der Waals surface area contributed by atoms with Crippen LogP contribution in [0.15, 0.2) is 45.0 Å². The summed E-state index contributed by atoms with van der Waals surface area (Å²) in [5.41, 5.74) is 3.56. The second kappa shape index (κ2) is 6.62. The Bertz CT molecular complexity index is 896. The Kier molecular flexibility index (Phi) is 4.57. The first-order chi connectivity index (χ1) is 11.1. The number of thioether (sulfide) groups is 1. The van der Waals surface area contributed by atoms with Crippen LogP contribution in [0.4, 0.5) is 0 Å². The minimum absolute atomic E-state index is 0.293. The molecule has 0 aliphatic carbocycles. The van der Waals surface area contributed by atoms with Gasteiger partial charge >= 0.3 is 5.63 Å². The molecule has 4 nitrogen and oxygen atoms in total. The molecule has 0 unspecified atom stereocenters. The average molecular weight is 328 g/mol. The highest BCUT2D eigenvalue weighted by Crippen LogP contribution is 2.28. The van der Waals surface area contributed by atoms with Crippen LogP contribution in [0, 0.1) is 13.8 Å². The average Bonchev–Trinajstić information content (AvgIpc) is 2.97. The summed E-state index contributed by atoms with van der Waals surface area (Å²) >= 11 is 1.65. The van der Waals surface area contributed by atoms with Crippen LogP contribution >= 0.6 is 11.8 Å². The first-order valence-corrected chi connectivity index (χ1v) is 8.75. The summed E-state index contributed by atoms with van der Waals surface area (Å²) in [7, 11) is 0. The molecule has 0 bridgehead atoms. The number of fused-ring (bicyclic) bond motifs is 1. The van der Waals surface area contributed by atoms with E-state index in [4.69, 9.17) is 4.42 Å². The van der Waals surface area contributed by atoms with Gasteiger partial charge in [0.25, 0.3) is 0 Å². The molecule has 3 aromatic rings. The lowest BCUT2D eigenvalue weighted by Gasteiger charge is -2.09. The number of hydrogen-bond donors (Lipinski definition) is 0. The Morgan fingerprint density at radius 2 is 2.13 bits per heavy atom. The van der Waals surface area contributed by atoms with Crippen LogP contribution in [0.25, 0.3) is 11.0 Å². The maximum absolute atomic E-state index is 11.9. The SMILES string of the molecule is CCCn1ccnc1SCc1cc(=O)oc2c(C)c(C)ccc12. The zero-order chi connectivity index (χ0) is 16.4. The zero-order valence-electron chi connectivity index (χ0n) is 13.6. The minimum Gasteiger partial charge on any atom is -0.422 e. The number of aryl methyl sites for hydroxylation is 3. The third kappa shape index (κ3) is 3.20. The Hall–Kier alpha value is -2.01. The predicted molar refractivity (Wildman–Crippen MR) is 94.0 cm³/mol. The van der Waals surface area contributed by atoms with Crippen LogP contribution in [0.1, 0.15) is 30.0 Å². The van der Waals surface area contributed by atoms with E-state index in [1.54, 1.807) is 17.8 Å². The molecular formula is C18H20N2O2S. The van der Waals surface area contributed by atoms with Crippen LogP contribution in [0.2, 0.25) is 0 Å². The zero-order valence-corrected chi connectivity index (χ0v) is 14.4. The van der Waals surface area contributed by atoms with E-state index in [0.717, 1.165) is 40.2 Å². The Morgan fingerprint density at radius 1 is 1.30 bits per heavy atom. The molecule has 0 atom stereocenters. The number of rotatable bonds is 5. The Balaban J connectivity index is 1.95. The molecule has 0 radical (unpaired) electrons. The Labute approximate surface area is 139 Å². The summed E-state index contributed by atoms with van der Waals surface area (Å²) in [4.78, 5) is 16.3. The normalized spacial score (nSPS) is 11.3. The monoisotopic (exact) mass is 328 g/mol. The molecule has 0 amide bonds. The van der Waals surface area contributed by atoms with E-state index in [1.807, 2.05) is 32.3 Å². The fourth-order valence-electron chi connectivity index (χ4n) is 2.63. The second-order valence-corrected chi connectivity index (χ2v) is 6.61. The number of benzene rings is 1. The fourth-order valence-corrected chi connectivity index (χ4v) is 3.61. The van der Waals surface area contributed by atoms with Crippen molar-refractivity contribution in [3.63, 3.8) is 0 Å². The molecule has 3 rings (SSSR count). The van der Waals surface area contributed by atoms with Gasteiger partial charge in [-0.2, -0.15) is 0 Å². The molecule has 2 aromatic heterocycles. The molecular weight excluding hydrogens is 308 g/mol. The lowest BCUT2D eigenvalue weighted by Crippen LogP contribution is -2.02. The van der Waals surface area contributed by atoms with Crippen molar-refractivity contribution in [2.24, 2.45) is 0 Å². The van der Waals surface area contributed by atoms with Crippen molar-refractivity contribution in [1.29, 1.82) is 0 Å². The van der Waals surface area contributed by atoms with Crippen molar-refractivity contribution in [2.45, 2.75) is 44.6 Å². The van der Waals surface area contributed by atoms with E-state index in [1.165, 1.54) is 0 Å². The molecule has 0 aliphatic heterocycles. The largest absolute Gasteiger partial charge is 0.422 e. The highest BCUT2D eigenvalue weighted by Gasteiger charge is 2.11. The number of aromatic nitrogens is 2. The van der Waals surface area contributed by atoms with Gasteiger partial charge in [-0.3, -0.25) is 0 Å². The van der Waals surface area contributed by atoms with Crippen molar-refractivity contribution in [3.05, 3.63) is 57.7 Å². The first kappa shape index (κ1) is 15.9. The van der Waals surface area contributed by atoms with Gasteiger partial charge in [0.1, 0.15) is 5.58 Å². The predicted octanol–water partition coefficient (Wildman–Crippen LogP) is 4.31. The van der Waals surface area contributed by atoms with Gasteiger partial charge in [0.15, 0.2) is 5.16 Å². The molecule has 0 N–H and O–H groups in total. The summed E-state index contributed by atoms with van der Waals surface area (Å²) in [6.45, 7) is 7.12. The van der Waals surface area contributed by atoms with Gasteiger partial charge < -0.3 is 8.98 Å². The quantitative estimate of drug-likeness (QED) is 0.517. The Morgan fingerprint density at radius 3 is 2.91 bits per heavy atom. The van der Waals surface area contributed by atoms with Crippen molar-refractivity contribution in [3.8, 4) is 0 Å². The number of hydrogen-bond acceptors (Lipinski definition) is 4. The van der Waals surface area contributed by atoms with Crippen molar-refractivity contribution in [2.75, 3.05) is 0 Å². The highest BCUT2D eigenvalue weighted by molar-refractivity contribution is 7.98. The molecule has 0 fully saturated rings. The highest BCUT2D eigenvalue weighted by atomic mass is 32.2. The summed E-state index contributed by atoms with van der Waals surface area (Å²) in [6, 6.07) is 5.70. The van der Waals surface area contributed by atoms with E-state index in [2.05, 4.69) is 22.5 Å². The molecule has 0 saturated heterocycles. The van der Waals surface area contributed by atoms with Gasteiger partial charge in [-0.15, -0.1) is 0 Å². The van der Waals surface area contributed by atoms with E-state index in [-0.39, 0.29) is 5.63 Å². The van der Waals surface area contributed by atoms with Gasteiger partial charge in [-0.05, 0) is 37.0 Å². The van der Waals surface area contributed by atoms with Gasteiger partial charge in [0.2, 0.25) is 0 Å². The topological polar surface area (TPSA) is 48.0 Å². The fraction of sp³-hybridized carbons (Fsp3) is 0.333. The summed E-state index contributed by atoms with van der Waals surface area (Å²) in [5.74, 6) is 0.700. The van der Waals surface area contributed by atoms with Crippen LogP contribution in [-0.2, 0) is 12.3 Å². The molecule has 0 aliphatic rings. The molecule has 5 heteroatoms. The number of imidazole rings is 1. The van der Waals surface area contributed by atoms with E-state index >= 15 is 0 Å². The van der Waals surface area contributed by atoms with Crippen LogP contribution in [0.5, 0.6) is 0 Å². The van der Waals surface area contributed by atoms with Gasteiger partial charge in [-0.1, -0.05) is 30.8 Å². The van der Waals surface area contributed by atoms with Crippen molar-refractivity contribution >= 4 is 22.7 Å². The number of nitrogens with zero attached hydrogens (tertiary/aromatic N) is 2. The smallest absolute Gasteiger partial charge is 0.336 e. The molecule has 0 spiro atoms. The molecule has 23 heavy (non-hydrogen) atoms. The van der Waals surface area contributed by atoms with Gasteiger partial charge in [0.05, 0.1) is 0 Å². The maximum Gasteiger partial charge on any atom is 0.336 e. The maximum atomic E-state index is 11.9. The van der Waals surface area contributed by atoms with Gasteiger partial charge in [0, 0.05) is 36.1 Å². The standard InChI is InChI=1S/C18H20N2O2S/c1-4-8-20-9-7-19-18(20)23-11-14-10-16(21)22-17-13(3)12(2)5-6-15(14)17/h5-7,9-10H,4,8,11H2,1-3H3. The van der Waals surface area contributed by atoms with E-state index < -0.39 is 0 Å². The van der Waals surface area contributed by atoms with Gasteiger partial charge in [-0.25, -0.2) is 9.78 Å². The van der Waals surface area contributed by atoms with Crippen molar-refractivity contribution in [1.82, 2.24) is 9.55 Å². The third-order valence-corrected chi connectivity index (χ3v) is 5.07. The summed E-state index contributed by atoms with van der Waals surface area (Å²) < 4.78 is 7.57. The minimum atomic E-state index is -0.293. The molecule has 1 aromatic carbocycles. The van der Waals surface area contributed by atoms with Crippen LogP contribution < -0.4 is 5.63 Å². The lowest BCUT2D eigenvalue weighted by molar-refractivity contribution is 0.557.